The van der Waals surface area contributed by atoms with Crippen molar-refractivity contribution < 1.29 is 4.79 Å². The van der Waals surface area contributed by atoms with Crippen LogP contribution >= 0.6 is 0 Å². The van der Waals surface area contributed by atoms with Gasteiger partial charge in [0.05, 0.1) is 5.52 Å². The van der Waals surface area contributed by atoms with Gasteiger partial charge in [-0.3, -0.25) is 9.48 Å². The summed E-state index contributed by atoms with van der Waals surface area (Å²) in [4.78, 5) is 12.5. The summed E-state index contributed by atoms with van der Waals surface area (Å²) in [5, 5.41) is 8.78. The number of nitrogens with one attached hydrogen (secondary N) is 1. The number of carbonyl (C=O) groups excluding carboxylic acids is 1. The van der Waals surface area contributed by atoms with E-state index in [0.29, 0.717) is 18.0 Å². The van der Waals surface area contributed by atoms with Gasteiger partial charge in [0.25, 0.3) is 5.91 Å². The molecule has 4 nitrogen and oxygen atoms in total. The maximum Gasteiger partial charge on any atom is 0.251 e. The first kappa shape index (κ1) is 14.1. The fourth-order valence-corrected chi connectivity index (χ4v) is 2.54. The second-order valence-corrected chi connectivity index (χ2v) is 6.60. The Balaban J connectivity index is 2.06. The molecule has 0 bridgehead atoms. The van der Waals surface area contributed by atoms with Crippen molar-refractivity contribution in [3.63, 3.8) is 0 Å². The lowest BCUT2D eigenvalue weighted by molar-refractivity contribution is 0.0950. The van der Waals surface area contributed by atoms with E-state index in [-0.39, 0.29) is 5.91 Å². The van der Waals surface area contributed by atoms with Gasteiger partial charge < -0.3 is 5.32 Å². The zero-order chi connectivity index (χ0) is 15.1. The van der Waals surface area contributed by atoms with E-state index in [4.69, 9.17) is 0 Å². The summed E-state index contributed by atoms with van der Waals surface area (Å²) in [6.07, 6.45) is 4.27. The third-order valence-corrected chi connectivity index (χ3v) is 4.00. The Morgan fingerprint density at radius 1 is 1.29 bits per heavy atom. The second-order valence-electron chi connectivity index (χ2n) is 6.60. The smallest absolute Gasteiger partial charge is 0.251 e. The van der Waals surface area contributed by atoms with Crippen molar-refractivity contribution in [2.45, 2.75) is 58.5 Å². The minimum absolute atomic E-state index is 0.0437. The Morgan fingerprint density at radius 3 is 2.57 bits per heavy atom. The topological polar surface area (TPSA) is 46.9 Å². The Morgan fingerprint density at radius 2 is 2.00 bits per heavy atom. The number of nitrogens with zero attached hydrogens (tertiary/aromatic N) is 2. The Labute approximate surface area is 125 Å². The van der Waals surface area contributed by atoms with E-state index in [2.05, 4.69) is 50.4 Å². The van der Waals surface area contributed by atoms with E-state index >= 15 is 0 Å². The molecule has 3 rings (SSSR count). The Hall–Kier alpha value is -1.84. The zero-order valence-corrected chi connectivity index (χ0v) is 13.2. The van der Waals surface area contributed by atoms with Gasteiger partial charge in [0.2, 0.25) is 0 Å². The number of amides is 1. The molecule has 0 unspecified atom stereocenters. The van der Waals surface area contributed by atoms with Crippen molar-refractivity contribution in [2.24, 2.45) is 0 Å². The van der Waals surface area contributed by atoms with Crippen LogP contribution in [0.25, 0.3) is 10.9 Å². The van der Waals surface area contributed by atoms with Crippen molar-refractivity contribution in [2.75, 3.05) is 0 Å². The van der Waals surface area contributed by atoms with Crippen molar-refractivity contribution in [1.29, 1.82) is 0 Å². The lowest BCUT2D eigenvalue weighted by Crippen LogP contribution is -2.26. The minimum Gasteiger partial charge on any atom is -0.349 e. The molecule has 4 heteroatoms. The van der Waals surface area contributed by atoms with Crippen molar-refractivity contribution in [3.8, 4) is 0 Å². The largest absolute Gasteiger partial charge is 0.349 e. The maximum absolute atomic E-state index is 12.5. The van der Waals surface area contributed by atoms with Crippen LogP contribution in [0.3, 0.4) is 0 Å². The number of fused-ring (bicyclic) bond motifs is 1. The normalized spacial score (nSPS) is 15.1. The van der Waals surface area contributed by atoms with Gasteiger partial charge in [0.15, 0.2) is 0 Å². The summed E-state index contributed by atoms with van der Waals surface area (Å²) in [6, 6.07) is 4.76. The first-order valence-electron chi connectivity index (χ1n) is 7.79. The molecule has 1 aliphatic rings. The fourth-order valence-electron chi connectivity index (χ4n) is 2.54. The van der Waals surface area contributed by atoms with Gasteiger partial charge in [0, 0.05) is 29.2 Å². The van der Waals surface area contributed by atoms with Gasteiger partial charge in [-0.05, 0) is 50.3 Å². The van der Waals surface area contributed by atoms with E-state index in [1.54, 1.807) is 0 Å². The molecule has 0 spiro atoms. The molecule has 1 aliphatic carbocycles. The molecule has 1 aromatic carbocycles. The SMILES string of the molecule is CC(C)c1cc2cn(C(C)C)nc2cc1C(=O)NC1CC1. The maximum atomic E-state index is 12.5. The van der Waals surface area contributed by atoms with Crippen LogP contribution in [0.15, 0.2) is 18.3 Å². The Kier molecular flexibility index (Phi) is 3.47. The minimum atomic E-state index is 0.0437. The molecule has 1 heterocycles. The van der Waals surface area contributed by atoms with Crippen LogP contribution in [0.4, 0.5) is 0 Å². The van der Waals surface area contributed by atoms with Crippen LogP contribution < -0.4 is 5.32 Å². The standard InChI is InChI=1S/C17H23N3O/c1-10(2)14-7-12-9-20(11(3)4)19-16(12)8-15(14)17(21)18-13-5-6-13/h7-11,13H,5-6H2,1-4H3,(H,18,21). The first-order valence-corrected chi connectivity index (χ1v) is 7.79. The van der Waals surface area contributed by atoms with Crippen LogP contribution in [-0.2, 0) is 0 Å². The van der Waals surface area contributed by atoms with E-state index in [1.165, 1.54) is 0 Å². The fraction of sp³-hybridized carbons (Fsp3) is 0.529. The van der Waals surface area contributed by atoms with Gasteiger partial charge in [-0.2, -0.15) is 5.10 Å². The zero-order valence-electron chi connectivity index (χ0n) is 13.2. The quantitative estimate of drug-likeness (QED) is 0.932. The van der Waals surface area contributed by atoms with Crippen LogP contribution in [-0.4, -0.2) is 21.7 Å². The summed E-state index contributed by atoms with van der Waals surface area (Å²) in [7, 11) is 0. The highest BCUT2D eigenvalue weighted by molar-refractivity contribution is 6.00. The molecule has 0 saturated heterocycles. The van der Waals surface area contributed by atoms with E-state index in [0.717, 1.165) is 34.9 Å². The average Bonchev–Trinajstić information content (AvgIpc) is 3.12. The van der Waals surface area contributed by atoms with Crippen molar-refractivity contribution in [1.82, 2.24) is 15.1 Å². The molecule has 2 aromatic rings. The third-order valence-electron chi connectivity index (χ3n) is 4.00. The predicted molar refractivity (Wildman–Crippen MR) is 84.7 cm³/mol. The molecule has 1 N–H and O–H groups in total. The van der Waals surface area contributed by atoms with Crippen LogP contribution in [0.2, 0.25) is 0 Å². The summed E-state index contributed by atoms with van der Waals surface area (Å²) in [5.41, 5.74) is 2.77. The van der Waals surface area contributed by atoms with E-state index in [9.17, 15) is 4.79 Å². The first-order chi connectivity index (χ1) is 9.95. The number of rotatable bonds is 4. The monoisotopic (exact) mass is 285 g/mol. The molecule has 1 fully saturated rings. The van der Waals surface area contributed by atoms with Crippen LogP contribution in [0, 0.1) is 0 Å². The molecule has 0 radical (unpaired) electrons. The summed E-state index contributed by atoms with van der Waals surface area (Å²) < 4.78 is 1.96. The van der Waals surface area contributed by atoms with Gasteiger partial charge in [0.1, 0.15) is 0 Å². The molecule has 1 saturated carbocycles. The average molecular weight is 285 g/mol. The van der Waals surface area contributed by atoms with Gasteiger partial charge in [-0.15, -0.1) is 0 Å². The molecular weight excluding hydrogens is 262 g/mol. The van der Waals surface area contributed by atoms with Crippen LogP contribution in [0.5, 0.6) is 0 Å². The number of hydrogen-bond donors (Lipinski definition) is 1. The van der Waals surface area contributed by atoms with E-state index < -0.39 is 0 Å². The van der Waals surface area contributed by atoms with Crippen LogP contribution in [0.1, 0.15) is 68.4 Å². The molecule has 21 heavy (non-hydrogen) atoms. The molecular formula is C17H23N3O. The molecule has 0 atom stereocenters. The number of aromatic nitrogens is 2. The number of carbonyl (C=O) groups is 1. The predicted octanol–water partition coefficient (Wildman–Crippen LogP) is 3.63. The molecule has 1 amide bonds. The second kappa shape index (κ2) is 5.17. The highest BCUT2D eigenvalue weighted by atomic mass is 16.1. The summed E-state index contributed by atoms with van der Waals surface area (Å²) in [5.74, 6) is 0.360. The Bertz CT molecular complexity index is 681. The number of benzene rings is 1. The molecule has 112 valence electrons. The van der Waals surface area contributed by atoms with Gasteiger partial charge in [-0.25, -0.2) is 0 Å². The highest BCUT2D eigenvalue weighted by Crippen LogP contribution is 2.27. The highest BCUT2D eigenvalue weighted by Gasteiger charge is 2.25. The van der Waals surface area contributed by atoms with E-state index in [1.807, 2.05) is 10.7 Å². The lowest BCUT2D eigenvalue weighted by Gasteiger charge is -2.12. The van der Waals surface area contributed by atoms with Crippen molar-refractivity contribution >= 4 is 16.8 Å². The van der Waals surface area contributed by atoms with Gasteiger partial charge >= 0.3 is 0 Å². The lowest BCUT2D eigenvalue weighted by atomic mass is 9.95. The molecule has 0 aliphatic heterocycles. The third kappa shape index (κ3) is 2.80. The summed E-state index contributed by atoms with van der Waals surface area (Å²) >= 11 is 0. The van der Waals surface area contributed by atoms with Gasteiger partial charge in [-0.1, -0.05) is 13.8 Å². The summed E-state index contributed by atoms with van der Waals surface area (Å²) in [6.45, 7) is 8.47. The number of hydrogen-bond acceptors (Lipinski definition) is 2. The molecule has 1 aromatic heterocycles. The van der Waals surface area contributed by atoms with Crippen molar-refractivity contribution in [3.05, 3.63) is 29.5 Å².